The Kier molecular flexibility index (Phi) is 5.16. The topological polar surface area (TPSA) is 78.8 Å². The molecular weight excluding hydrogens is 336 g/mol. The van der Waals surface area contributed by atoms with Gasteiger partial charge in [-0.05, 0) is 44.5 Å². The van der Waals surface area contributed by atoms with Crippen LogP contribution in [0.1, 0.15) is 34.2 Å². The van der Waals surface area contributed by atoms with Crippen LogP contribution < -0.4 is 14.8 Å². The molecule has 0 aliphatic carbocycles. The molecule has 0 fully saturated rings. The second kappa shape index (κ2) is 7.51. The molecule has 1 N–H and O–H groups in total. The van der Waals surface area contributed by atoms with Crippen molar-refractivity contribution in [3.05, 3.63) is 46.8 Å². The SMILES string of the molecule is CCn1c(C)cc(C(=O)OCC(=O)NCc2ccc3c(c2)OCO3)c1C. The lowest BCUT2D eigenvalue weighted by Gasteiger charge is -2.08. The first kappa shape index (κ1) is 17.8. The molecule has 138 valence electrons. The lowest BCUT2D eigenvalue weighted by Crippen LogP contribution is -2.28. The molecule has 2 aromatic rings. The predicted molar refractivity (Wildman–Crippen MR) is 94.3 cm³/mol. The number of rotatable bonds is 6. The molecule has 0 radical (unpaired) electrons. The fraction of sp³-hybridized carbons (Fsp3) is 0.368. The molecule has 3 rings (SSSR count). The van der Waals surface area contributed by atoms with Crippen LogP contribution in [0.3, 0.4) is 0 Å². The molecule has 0 unspecified atom stereocenters. The van der Waals surface area contributed by atoms with E-state index in [0.717, 1.165) is 23.5 Å². The van der Waals surface area contributed by atoms with Crippen molar-refractivity contribution >= 4 is 11.9 Å². The maximum atomic E-state index is 12.2. The highest BCUT2D eigenvalue weighted by Gasteiger charge is 2.18. The van der Waals surface area contributed by atoms with Crippen molar-refractivity contribution in [2.24, 2.45) is 0 Å². The summed E-state index contributed by atoms with van der Waals surface area (Å²) in [6.07, 6.45) is 0. The molecule has 0 saturated heterocycles. The monoisotopic (exact) mass is 358 g/mol. The molecule has 1 aliphatic rings. The Bertz CT molecular complexity index is 841. The van der Waals surface area contributed by atoms with Gasteiger partial charge in [0.15, 0.2) is 18.1 Å². The zero-order valence-corrected chi connectivity index (χ0v) is 15.1. The van der Waals surface area contributed by atoms with Gasteiger partial charge in [-0.3, -0.25) is 4.79 Å². The van der Waals surface area contributed by atoms with Crippen LogP contribution in [-0.2, 0) is 22.6 Å². The van der Waals surface area contributed by atoms with Gasteiger partial charge in [0.25, 0.3) is 5.91 Å². The van der Waals surface area contributed by atoms with E-state index in [1.807, 2.05) is 37.5 Å². The van der Waals surface area contributed by atoms with Crippen LogP contribution in [0.25, 0.3) is 0 Å². The third-order valence-electron chi connectivity index (χ3n) is 4.37. The number of benzene rings is 1. The van der Waals surface area contributed by atoms with E-state index in [1.54, 1.807) is 12.1 Å². The molecule has 26 heavy (non-hydrogen) atoms. The maximum Gasteiger partial charge on any atom is 0.340 e. The van der Waals surface area contributed by atoms with E-state index in [0.29, 0.717) is 23.6 Å². The Balaban J connectivity index is 1.50. The number of hydrogen-bond donors (Lipinski definition) is 1. The van der Waals surface area contributed by atoms with Crippen molar-refractivity contribution in [2.75, 3.05) is 13.4 Å². The van der Waals surface area contributed by atoms with Crippen molar-refractivity contribution in [3.8, 4) is 11.5 Å². The van der Waals surface area contributed by atoms with Crippen molar-refractivity contribution < 1.29 is 23.8 Å². The summed E-state index contributed by atoms with van der Waals surface area (Å²) in [5.74, 6) is 0.504. The first-order chi connectivity index (χ1) is 12.5. The Hall–Kier alpha value is -2.96. The fourth-order valence-corrected chi connectivity index (χ4v) is 3.01. The molecule has 1 amide bonds. The molecule has 7 nitrogen and oxygen atoms in total. The van der Waals surface area contributed by atoms with E-state index in [1.165, 1.54) is 0 Å². The summed E-state index contributed by atoms with van der Waals surface area (Å²) >= 11 is 0. The molecule has 1 aliphatic heterocycles. The number of ether oxygens (including phenoxy) is 3. The molecule has 1 aromatic carbocycles. The largest absolute Gasteiger partial charge is 0.454 e. The van der Waals surface area contributed by atoms with Gasteiger partial charge in [0.1, 0.15) is 0 Å². The average molecular weight is 358 g/mol. The van der Waals surface area contributed by atoms with Gasteiger partial charge in [-0.25, -0.2) is 4.79 Å². The van der Waals surface area contributed by atoms with E-state index < -0.39 is 5.97 Å². The molecule has 0 spiro atoms. The Morgan fingerprint density at radius 2 is 1.96 bits per heavy atom. The minimum absolute atomic E-state index is 0.208. The number of fused-ring (bicyclic) bond motifs is 1. The smallest absolute Gasteiger partial charge is 0.340 e. The molecule has 0 saturated carbocycles. The molecule has 1 aromatic heterocycles. The summed E-state index contributed by atoms with van der Waals surface area (Å²) in [5, 5.41) is 2.72. The summed E-state index contributed by atoms with van der Waals surface area (Å²) in [6, 6.07) is 7.24. The van der Waals surface area contributed by atoms with Gasteiger partial charge < -0.3 is 24.1 Å². The maximum absolute atomic E-state index is 12.2. The normalized spacial score (nSPS) is 12.1. The quantitative estimate of drug-likeness (QED) is 0.802. The zero-order valence-electron chi connectivity index (χ0n) is 15.1. The summed E-state index contributed by atoms with van der Waals surface area (Å²) in [5.41, 5.74) is 3.20. The molecular formula is C19H22N2O5. The highest BCUT2D eigenvalue weighted by atomic mass is 16.7. The van der Waals surface area contributed by atoms with Crippen molar-refractivity contribution in [1.29, 1.82) is 0 Å². The van der Waals surface area contributed by atoms with E-state index >= 15 is 0 Å². The number of carbonyl (C=O) groups is 2. The predicted octanol–water partition coefficient (Wildman–Crippen LogP) is 2.33. The fourth-order valence-electron chi connectivity index (χ4n) is 3.01. The van der Waals surface area contributed by atoms with E-state index in [-0.39, 0.29) is 19.3 Å². The minimum atomic E-state index is -0.490. The standard InChI is InChI=1S/C19H22N2O5/c1-4-21-12(2)7-15(13(21)3)19(23)24-10-18(22)20-9-14-5-6-16-17(8-14)26-11-25-16/h5-8H,4,9-11H2,1-3H3,(H,20,22). The Labute approximate surface area is 151 Å². The lowest BCUT2D eigenvalue weighted by molar-refractivity contribution is -0.124. The van der Waals surface area contributed by atoms with Gasteiger partial charge in [0.2, 0.25) is 6.79 Å². The first-order valence-corrected chi connectivity index (χ1v) is 8.48. The Morgan fingerprint density at radius 3 is 2.69 bits per heavy atom. The van der Waals surface area contributed by atoms with Crippen molar-refractivity contribution in [3.63, 3.8) is 0 Å². The summed E-state index contributed by atoms with van der Waals surface area (Å²) in [7, 11) is 0. The van der Waals surface area contributed by atoms with Crippen LogP contribution in [0.4, 0.5) is 0 Å². The summed E-state index contributed by atoms with van der Waals surface area (Å²) in [4.78, 5) is 24.2. The van der Waals surface area contributed by atoms with Crippen LogP contribution in [0.2, 0.25) is 0 Å². The molecule has 0 atom stereocenters. The number of amides is 1. The van der Waals surface area contributed by atoms with Crippen LogP contribution >= 0.6 is 0 Å². The number of nitrogens with zero attached hydrogens (tertiary/aromatic N) is 1. The van der Waals surface area contributed by atoms with Gasteiger partial charge in [0.05, 0.1) is 5.56 Å². The second-order valence-corrected chi connectivity index (χ2v) is 6.07. The first-order valence-electron chi connectivity index (χ1n) is 8.48. The molecule has 2 heterocycles. The number of aromatic nitrogens is 1. The van der Waals surface area contributed by atoms with E-state index in [4.69, 9.17) is 14.2 Å². The summed E-state index contributed by atoms with van der Waals surface area (Å²) < 4.78 is 17.7. The molecule has 7 heteroatoms. The van der Waals surface area contributed by atoms with Gasteiger partial charge in [-0.1, -0.05) is 6.07 Å². The summed E-state index contributed by atoms with van der Waals surface area (Å²) in [6.45, 7) is 6.80. The lowest BCUT2D eigenvalue weighted by atomic mass is 10.2. The van der Waals surface area contributed by atoms with Crippen molar-refractivity contribution in [2.45, 2.75) is 33.9 Å². The second-order valence-electron chi connectivity index (χ2n) is 6.07. The van der Waals surface area contributed by atoms with Crippen LogP contribution in [0, 0.1) is 13.8 Å². The molecule has 0 bridgehead atoms. The van der Waals surface area contributed by atoms with Crippen LogP contribution in [0.15, 0.2) is 24.3 Å². The zero-order chi connectivity index (χ0) is 18.7. The highest BCUT2D eigenvalue weighted by Crippen LogP contribution is 2.32. The number of hydrogen-bond acceptors (Lipinski definition) is 5. The van der Waals surface area contributed by atoms with Crippen LogP contribution in [0.5, 0.6) is 11.5 Å². The van der Waals surface area contributed by atoms with Gasteiger partial charge >= 0.3 is 5.97 Å². The number of aryl methyl sites for hydroxylation is 1. The van der Waals surface area contributed by atoms with Gasteiger partial charge in [0, 0.05) is 24.5 Å². The third kappa shape index (κ3) is 3.66. The number of nitrogens with one attached hydrogen (secondary N) is 1. The average Bonchev–Trinajstić information content (AvgIpc) is 3.21. The minimum Gasteiger partial charge on any atom is -0.454 e. The van der Waals surface area contributed by atoms with E-state index in [2.05, 4.69) is 5.32 Å². The Morgan fingerprint density at radius 1 is 1.19 bits per heavy atom. The highest BCUT2D eigenvalue weighted by molar-refractivity contribution is 5.92. The van der Waals surface area contributed by atoms with E-state index in [9.17, 15) is 9.59 Å². The third-order valence-corrected chi connectivity index (χ3v) is 4.37. The number of esters is 1. The van der Waals surface area contributed by atoms with Gasteiger partial charge in [-0.2, -0.15) is 0 Å². The van der Waals surface area contributed by atoms with Crippen LogP contribution in [-0.4, -0.2) is 29.8 Å². The van der Waals surface area contributed by atoms with Gasteiger partial charge in [-0.15, -0.1) is 0 Å². The van der Waals surface area contributed by atoms with Crippen molar-refractivity contribution in [1.82, 2.24) is 9.88 Å². The number of carbonyl (C=O) groups excluding carboxylic acids is 2.